The van der Waals surface area contributed by atoms with Crippen LogP contribution in [0.3, 0.4) is 0 Å². The second-order valence-electron chi connectivity index (χ2n) is 3.04. The molecule has 1 amide bonds. The van der Waals surface area contributed by atoms with E-state index in [1.165, 1.54) is 6.92 Å². The van der Waals surface area contributed by atoms with Crippen molar-refractivity contribution in [3.63, 3.8) is 0 Å². The minimum absolute atomic E-state index is 0.00842. The Hall–Kier alpha value is -1.32. The van der Waals surface area contributed by atoms with Crippen molar-refractivity contribution in [3.8, 4) is 0 Å². The number of hydrogen-bond acceptors (Lipinski definition) is 2. The first-order valence-electron chi connectivity index (χ1n) is 4.39. The molecule has 0 aliphatic heterocycles. The third-order valence-corrected chi connectivity index (χ3v) is 1.85. The molecule has 0 saturated heterocycles. The quantitative estimate of drug-likeness (QED) is 0.743. The summed E-state index contributed by atoms with van der Waals surface area (Å²) in [6, 6.07) is 0. The van der Waals surface area contributed by atoms with Gasteiger partial charge < -0.3 is 5.32 Å². The van der Waals surface area contributed by atoms with Gasteiger partial charge in [-0.1, -0.05) is 6.92 Å². The first kappa shape index (κ1) is 9.77. The molecule has 0 spiro atoms. The summed E-state index contributed by atoms with van der Waals surface area (Å²) in [6.45, 7) is 4.15. The molecule has 1 heterocycles. The summed E-state index contributed by atoms with van der Waals surface area (Å²) in [5.74, 6) is -0.00842. The van der Waals surface area contributed by atoms with Crippen molar-refractivity contribution in [3.05, 3.63) is 17.5 Å². The van der Waals surface area contributed by atoms with Crippen molar-refractivity contribution in [1.29, 1.82) is 0 Å². The van der Waals surface area contributed by atoms with Crippen LogP contribution in [0.2, 0.25) is 0 Å². The molecule has 13 heavy (non-hydrogen) atoms. The Labute approximate surface area is 77.9 Å². The highest BCUT2D eigenvalue weighted by Crippen LogP contribution is 2.06. The van der Waals surface area contributed by atoms with Gasteiger partial charge in [-0.2, -0.15) is 5.10 Å². The van der Waals surface area contributed by atoms with Crippen LogP contribution in [-0.4, -0.2) is 15.7 Å². The van der Waals surface area contributed by atoms with Crippen molar-refractivity contribution in [2.24, 2.45) is 7.05 Å². The van der Waals surface area contributed by atoms with E-state index in [0.717, 1.165) is 17.7 Å². The number of nitrogens with zero attached hydrogens (tertiary/aromatic N) is 2. The number of carbonyl (C=O) groups is 1. The smallest absolute Gasteiger partial charge is 0.217 e. The van der Waals surface area contributed by atoms with Crippen LogP contribution in [0.1, 0.15) is 25.1 Å². The maximum atomic E-state index is 10.7. The average molecular weight is 181 g/mol. The second kappa shape index (κ2) is 4.07. The molecule has 0 radical (unpaired) electrons. The Kier molecular flexibility index (Phi) is 3.06. The molecule has 0 aromatic carbocycles. The largest absolute Gasteiger partial charge is 0.352 e. The summed E-state index contributed by atoms with van der Waals surface area (Å²) in [7, 11) is 1.89. The van der Waals surface area contributed by atoms with Crippen LogP contribution in [-0.2, 0) is 24.8 Å². The highest BCUT2D eigenvalue weighted by atomic mass is 16.1. The molecule has 1 aromatic heterocycles. The maximum Gasteiger partial charge on any atom is 0.217 e. The van der Waals surface area contributed by atoms with E-state index in [1.54, 1.807) is 4.68 Å². The molecule has 0 bridgehead atoms. The van der Waals surface area contributed by atoms with E-state index in [2.05, 4.69) is 17.3 Å². The van der Waals surface area contributed by atoms with E-state index < -0.39 is 0 Å². The summed E-state index contributed by atoms with van der Waals surface area (Å²) in [5, 5.41) is 7.03. The minimum Gasteiger partial charge on any atom is -0.352 e. The van der Waals surface area contributed by atoms with E-state index in [4.69, 9.17) is 0 Å². The SMILES string of the molecule is CCc1nn(C)cc1CNC(C)=O. The average Bonchev–Trinajstić information content (AvgIpc) is 2.42. The van der Waals surface area contributed by atoms with Gasteiger partial charge in [0.1, 0.15) is 0 Å². The van der Waals surface area contributed by atoms with E-state index in [0.29, 0.717) is 6.54 Å². The van der Waals surface area contributed by atoms with Crippen LogP contribution in [0.4, 0.5) is 0 Å². The van der Waals surface area contributed by atoms with Gasteiger partial charge in [0.25, 0.3) is 0 Å². The fourth-order valence-corrected chi connectivity index (χ4v) is 1.25. The van der Waals surface area contributed by atoms with Gasteiger partial charge in [0, 0.05) is 32.3 Å². The Bertz CT molecular complexity index is 304. The lowest BCUT2D eigenvalue weighted by molar-refractivity contribution is -0.119. The van der Waals surface area contributed by atoms with Crippen molar-refractivity contribution in [1.82, 2.24) is 15.1 Å². The van der Waals surface area contributed by atoms with E-state index in [-0.39, 0.29) is 5.91 Å². The molecule has 0 fully saturated rings. The molecular weight excluding hydrogens is 166 g/mol. The summed E-state index contributed by atoms with van der Waals surface area (Å²) in [5.41, 5.74) is 2.15. The Morgan fingerprint density at radius 2 is 2.38 bits per heavy atom. The lowest BCUT2D eigenvalue weighted by Gasteiger charge is -1.99. The predicted octanol–water partition coefficient (Wildman–Crippen LogP) is 0.619. The first-order chi connectivity index (χ1) is 6.13. The van der Waals surface area contributed by atoms with Gasteiger partial charge in [-0.25, -0.2) is 0 Å². The summed E-state index contributed by atoms with van der Waals surface area (Å²) >= 11 is 0. The van der Waals surface area contributed by atoms with Crippen molar-refractivity contribution in [2.75, 3.05) is 0 Å². The lowest BCUT2D eigenvalue weighted by Crippen LogP contribution is -2.19. The molecule has 4 heteroatoms. The van der Waals surface area contributed by atoms with Gasteiger partial charge in [-0.05, 0) is 6.42 Å². The van der Waals surface area contributed by atoms with Crippen molar-refractivity contribution >= 4 is 5.91 Å². The number of rotatable bonds is 3. The molecule has 0 aliphatic carbocycles. The fourth-order valence-electron chi connectivity index (χ4n) is 1.25. The van der Waals surface area contributed by atoms with Crippen molar-refractivity contribution < 1.29 is 4.79 Å². The molecular formula is C9H15N3O. The van der Waals surface area contributed by atoms with Crippen LogP contribution in [0.5, 0.6) is 0 Å². The zero-order valence-corrected chi connectivity index (χ0v) is 8.29. The predicted molar refractivity (Wildman–Crippen MR) is 50.1 cm³/mol. The minimum atomic E-state index is -0.00842. The van der Waals surface area contributed by atoms with E-state index in [1.807, 2.05) is 13.2 Å². The van der Waals surface area contributed by atoms with E-state index >= 15 is 0 Å². The number of carbonyl (C=O) groups excluding carboxylic acids is 1. The normalized spacial score (nSPS) is 10.1. The van der Waals surface area contributed by atoms with Crippen LogP contribution in [0, 0.1) is 0 Å². The second-order valence-corrected chi connectivity index (χ2v) is 3.04. The van der Waals surface area contributed by atoms with Crippen LogP contribution in [0.25, 0.3) is 0 Å². The third-order valence-electron chi connectivity index (χ3n) is 1.85. The summed E-state index contributed by atoms with van der Waals surface area (Å²) in [4.78, 5) is 10.7. The fraction of sp³-hybridized carbons (Fsp3) is 0.556. The van der Waals surface area contributed by atoms with E-state index in [9.17, 15) is 4.79 Å². The molecule has 4 nitrogen and oxygen atoms in total. The zero-order valence-electron chi connectivity index (χ0n) is 8.29. The number of aromatic nitrogens is 2. The Morgan fingerprint density at radius 1 is 1.69 bits per heavy atom. The molecule has 0 unspecified atom stereocenters. The number of nitrogens with one attached hydrogen (secondary N) is 1. The van der Waals surface area contributed by atoms with Gasteiger partial charge >= 0.3 is 0 Å². The summed E-state index contributed by atoms with van der Waals surface area (Å²) < 4.78 is 1.77. The van der Waals surface area contributed by atoms with Gasteiger partial charge in [0.05, 0.1) is 5.69 Å². The number of aryl methyl sites for hydroxylation is 2. The molecule has 0 saturated carbocycles. The molecule has 72 valence electrons. The monoisotopic (exact) mass is 181 g/mol. The molecule has 1 rings (SSSR count). The van der Waals surface area contributed by atoms with Crippen LogP contribution < -0.4 is 5.32 Å². The van der Waals surface area contributed by atoms with Gasteiger partial charge in [-0.15, -0.1) is 0 Å². The Balaban J connectivity index is 2.69. The zero-order chi connectivity index (χ0) is 9.84. The van der Waals surface area contributed by atoms with Gasteiger partial charge in [0.15, 0.2) is 0 Å². The third kappa shape index (κ3) is 2.57. The number of amides is 1. The highest BCUT2D eigenvalue weighted by molar-refractivity contribution is 5.72. The lowest BCUT2D eigenvalue weighted by atomic mass is 10.2. The molecule has 1 aromatic rings. The summed E-state index contributed by atoms with van der Waals surface area (Å²) in [6.07, 6.45) is 2.84. The van der Waals surface area contributed by atoms with Gasteiger partial charge in [-0.3, -0.25) is 9.48 Å². The standard InChI is InChI=1S/C9H15N3O/c1-4-9-8(5-10-7(2)13)6-12(3)11-9/h6H,4-5H2,1-3H3,(H,10,13). The topological polar surface area (TPSA) is 46.9 Å². The first-order valence-corrected chi connectivity index (χ1v) is 4.39. The Morgan fingerprint density at radius 3 is 2.92 bits per heavy atom. The maximum absolute atomic E-state index is 10.7. The molecule has 0 aliphatic rings. The molecule has 1 N–H and O–H groups in total. The van der Waals surface area contributed by atoms with Gasteiger partial charge in [0.2, 0.25) is 5.91 Å². The van der Waals surface area contributed by atoms with Crippen LogP contribution in [0.15, 0.2) is 6.20 Å². The number of hydrogen-bond donors (Lipinski definition) is 1. The van der Waals surface area contributed by atoms with Crippen molar-refractivity contribution in [2.45, 2.75) is 26.8 Å². The highest BCUT2D eigenvalue weighted by Gasteiger charge is 2.05. The van der Waals surface area contributed by atoms with Crippen LogP contribution >= 0.6 is 0 Å². The molecule has 0 atom stereocenters.